The Labute approximate surface area is 190 Å². The summed E-state index contributed by atoms with van der Waals surface area (Å²) in [4.78, 5) is 56.2. The number of nitrogen functional groups attached to an aromatic ring is 1. The molecule has 176 valence electrons. The molecule has 2 heterocycles. The summed E-state index contributed by atoms with van der Waals surface area (Å²) in [6.45, 7) is 5.56. The molecule has 11 nitrogen and oxygen atoms in total. The molecule has 1 fully saturated rings. The van der Waals surface area contributed by atoms with E-state index in [-0.39, 0.29) is 11.4 Å². The van der Waals surface area contributed by atoms with Gasteiger partial charge in [-0.1, -0.05) is 18.2 Å². The van der Waals surface area contributed by atoms with Gasteiger partial charge in [0.25, 0.3) is 0 Å². The molecule has 0 bridgehead atoms. The predicted octanol–water partition coefficient (Wildman–Crippen LogP) is 2.03. The van der Waals surface area contributed by atoms with Crippen LogP contribution >= 0.6 is 0 Å². The van der Waals surface area contributed by atoms with Crippen LogP contribution in [0, 0.1) is 0 Å². The Balaban J connectivity index is 2.03. The first-order valence-corrected chi connectivity index (χ1v) is 10.3. The van der Waals surface area contributed by atoms with Crippen molar-refractivity contribution in [1.82, 2.24) is 14.6 Å². The van der Waals surface area contributed by atoms with E-state index in [0.717, 1.165) is 7.11 Å². The molecule has 1 unspecified atom stereocenters. The third-order valence-corrected chi connectivity index (χ3v) is 4.86. The van der Waals surface area contributed by atoms with Crippen LogP contribution in [0.2, 0.25) is 0 Å². The quantitative estimate of drug-likeness (QED) is 0.537. The Kier molecular flexibility index (Phi) is 6.70. The molecule has 1 saturated heterocycles. The summed E-state index contributed by atoms with van der Waals surface area (Å²) < 4.78 is 16.0. The summed E-state index contributed by atoms with van der Waals surface area (Å²) in [6.07, 6.45) is 0.448. The smallest absolute Gasteiger partial charge is 0.410 e. The van der Waals surface area contributed by atoms with Gasteiger partial charge in [-0.05, 0) is 45.7 Å². The van der Waals surface area contributed by atoms with E-state index in [9.17, 15) is 19.2 Å². The molecule has 1 aliphatic rings. The number of rotatable bonds is 4. The van der Waals surface area contributed by atoms with Gasteiger partial charge in [-0.3, -0.25) is 9.69 Å². The SMILES string of the molecule is COC(=O)c1nc(C2CCCN2C(=O)OC(C)(C)C)n(N)c(=O)c1OC(=O)c1ccccc1. The first kappa shape index (κ1) is 23.8. The van der Waals surface area contributed by atoms with Crippen molar-refractivity contribution in [2.45, 2.75) is 45.3 Å². The van der Waals surface area contributed by atoms with Gasteiger partial charge < -0.3 is 20.1 Å². The molecule has 0 radical (unpaired) electrons. The molecule has 1 aliphatic heterocycles. The van der Waals surface area contributed by atoms with Crippen molar-refractivity contribution in [1.29, 1.82) is 0 Å². The lowest BCUT2D eigenvalue weighted by Gasteiger charge is -2.29. The summed E-state index contributed by atoms with van der Waals surface area (Å²) in [5.74, 6) is 3.42. The van der Waals surface area contributed by atoms with Gasteiger partial charge in [0.05, 0.1) is 18.7 Å². The highest BCUT2D eigenvalue weighted by Gasteiger charge is 2.37. The van der Waals surface area contributed by atoms with Gasteiger partial charge in [-0.25, -0.2) is 24.0 Å². The maximum absolute atomic E-state index is 13.0. The molecule has 1 amide bonds. The van der Waals surface area contributed by atoms with Crippen LogP contribution in [0.3, 0.4) is 0 Å². The number of carbonyl (C=O) groups is 3. The normalized spacial score (nSPS) is 15.8. The van der Waals surface area contributed by atoms with Crippen LogP contribution in [0.5, 0.6) is 5.75 Å². The van der Waals surface area contributed by atoms with Gasteiger partial charge in [0.1, 0.15) is 5.60 Å². The number of nitrogens with two attached hydrogens (primary N) is 1. The Morgan fingerprint density at radius 3 is 2.39 bits per heavy atom. The number of likely N-dealkylation sites (tertiary alicyclic amines) is 1. The number of benzene rings is 1. The van der Waals surface area contributed by atoms with E-state index in [4.69, 9.17) is 20.1 Å². The lowest BCUT2D eigenvalue weighted by molar-refractivity contribution is 0.0215. The first-order chi connectivity index (χ1) is 15.5. The molecule has 33 heavy (non-hydrogen) atoms. The van der Waals surface area contributed by atoms with Gasteiger partial charge >= 0.3 is 23.6 Å². The topological polar surface area (TPSA) is 143 Å². The summed E-state index contributed by atoms with van der Waals surface area (Å²) in [5, 5.41) is 0. The number of amides is 1. The predicted molar refractivity (Wildman–Crippen MR) is 116 cm³/mol. The van der Waals surface area contributed by atoms with E-state index in [2.05, 4.69) is 4.98 Å². The zero-order chi connectivity index (χ0) is 24.3. The fraction of sp³-hybridized carbons (Fsp3) is 0.409. The number of ether oxygens (including phenoxy) is 3. The Bertz CT molecular complexity index is 1120. The molecule has 2 aromatic rings. The molecule has 0 spiro atoms. The second kappa shape index (κ2) is 9.31. The lowest BCUT2D eigenvalue weighted by Crippen LogP contribution is -2.41. The van der Waals surface area contributed by atoms with Crippen molar-refractivity contribution < 1.29 is 28.6 Å². The maximum Gasteiger partial charge on any atom is 0.410 e. The van der Waals surface area contributed by atoms with Crippen LogP contribution in [0.4, 0.5) is 4.79 Å². The third kappa shape index (κ3) is 5.13. The Hall–Kier alpha value is -3.89. The molecule has 1 atom stereocenters. The van der Waals surface area contributed by atoms with E-state index in [1.54, 1.807) is 39.0 Å². The van der Waals surface area contributed by atoms with Crippen LogP contribution in [0.25, 0.3) is 0 Å². The average Bonchev–Trinajstić information content (AvgIpc) is 3.26. The standard InChI is InChI=1S/C22H26N4O7/c1-22(2,3)33-21(30)25-12-8-11-14(25)17-24-15(20(29)31-4)16(18(27)26(17)23)32-19(28)13-9-6-5-7-10-13/h5-7,9-10,14H,8,11-12,23H2,1-4H3. The summed E-state index contributed by atoms with van der Waals surface area (Å²) >= 11 is 0. The summed E-state index contributed by atoms with van der Waals surface area (Å²) in [6, 6.07) is 7.19. The fourth-order valence-corrected chi connectivity index (χ4v) is 3.40. The zero-order valence-electron chi connectivity index (χ0n) is 18.9. The van der Waals surface area contributed by atoms with E-state index >= 15 is 0 Å². The average molecular weight is 458 g/mol. The van der Waals surface area contributed by atoms with Gasteiger partial charge in [-0.15, -0.1) is 0 Å². The fourth-order valence-electron chi connectivity index (χ4n) is 3.40. The van der Waals surface area contributed by atoms with E-state index < -0.39 is 46.7 Å². The highest BCUT2D eigenvalue weighted by molar-refractivity contribution is 5.94. The van der Waals surface area contributed by atoms with Gasteiger partial charge in [0.2, 0.25) is 5.75 Å². The zero-order valence-corrected chi connectivity index (χ0v) is 18.9. The number of hydrogen-bond donors (Lipinski definition) is 1. The largest absolute Gasteiger partial charge is 0.464 e. The van der Waals surface area contributed by atoms with Crippen molar-refractivity contribution in [2.75, 3.05) is 19.5 Å². The van der Waals surface area contributed by atoms with Crippen LogP contribution in [-0.4, -0.2) is 51.8 Å². The maximum atomic E-state index is 13.0. The number of aromatic nitrogens is 2. The summed E-state index contributed by atoms with van der Waals surface area (Å²) in [7, 11) is 1.10. The minimum absolute atomic E-state index is 0.0525. The van der Waals surface area contributed by atoms with Gasteiger partial charge in [-0.2, -0.15) is 0 Å². The van der Waals surface area contributed by atoms with E-state index in [1.165, 1.54) is 17.0 Å². The molecule has 3 rings (SSSR count). The minimum Gasteiger partial charge on any atom is -0.464 e. The van der Waals surface area contributed by atoms with Crippen molar-refractivity contribution in [3.63, 3.8) is 0 Å². The number of hydrogen-bond acceptors (Lipinski definition) is 9. The van der Waals surface area contributed by atoms with Crippen LogP contribution in [0.1, 0.15) is 66.3 Å². The highest BCUT2D eigenvalue weighted by Crippen LogP contribution is 2.32. The molecular weight excluding hydrogens is 432 g/mol. The van der Waals surface area contributed by atoms with Gasteiger partial charge in [0.15, 0.2) is 11.5 Å². The van der Waals surface area contributed by atoms with Crippen molar-refractivity contribution >= 4 is 18.0 Å². The lowest BCUT2D eigenvalue weighted by atomic mass is 10.2. The number of carbonyl (C=O) groups excluding carboxylic acids is 3. The third-order valence-electron chi connectivity index (χ3n) is 4.86. The van der Waals surface area contributed by atoms with Crippen molar-refractivity contribution in [3.05, 3.63) is 57.8 Å². The number of nitrogens with zero attached hydrogens (tertiary/aromatic N) is 3. The Morgan fingerprint density at radius 2 is 1.79 bits per heavy atom. The molecule has 0 saturated carbocycles. The number of methoxy groups -OCH3 is 1. The molecule has 11 heteroatoms. The number of esters is 2. The second-order valence-corrected chi connectivity index (χ2v) is 8.40. The van der Waals surface area contributed by atoms with Crippen LogP contribution in [-0.2, 0) is 9.47 Å². The first-order valence-electron chi connectivity index (χ1n) is 10.3. The van der Waals surface area contributed by atoms with Crippen molar-refractivity contribution in [2.24, 2.45) is 0 Å². The van der Waals surface area contributed by atoms with E-state index in [1.807, 2.05) is 0 Å². The Morgan fingerprint density at radius 1 is 1.12 bits per heavy atom. The van der Waals surface area contributed by atoms with Crippen molar-refractivity contribution in [3.8, 4) is 5.75 Å². The minimum atomic E-state index is -0.994. The molecule has 1 aromatic carbocycles. The molecule has 0 aliphatic carbocycles. The highest BCUT2D eigenvalue weighted by atomic mass is 16.6. The van der Waals surface area contributed by atoms with Gasteiger partial charge in [0, 0.05) is 6.54 Å². The second-order valence-electron chi connectivity index (χ2n) is 8.40. The van der Waals surface area contributed by atoms with Crippen LogP contribution < -0.4 is 16.1 Å². The van der Waals surface area contributed by atoms with Crippen LogP contribution in [0.15, 0.2) is 35.1 Å². The monoisotopic (exact) mass is 458 g/mol. The molecular formula is C22H26N4O7. The molecule has 2 N–H and O–H groups in total. The summed E-state index contributed by atoms with van der Waals surface area (Å²) in [5.41, 5.74) is -2.06. The molecule has 1 aromatic heterocycles. The van der Waals surface area contributed by atoms with E-state index in [0.29, 0.717) is 24.1 Å².